The van der Waals surface area contributed by atoms with Crippen LogP contribution in [-0.4, -0.2) is 19.7 Å². The Kier molecular flexibility index (Phi) is 3.13. The van der Waals surface area contributed by atoms with Gasteiger partial charge in [-0.15, -0.1) is 0 Å². The third-order valence-electron chi connectivity index (χ3n) is 0.964. The first-order valence-electron chi connectivity index (χ1n) is 2.18. The van der Waals surface area contributed by atoms with Gasteiger partial charge in [-0.25, -0.2) is 0 Å². The maximum Gasteiger partial charge on any atom is 0.390 e. The molecule has 0 saturated heterocycles. The Morgan fingerprint density at radius 2 is 1.75 bits per heavy atom. The Morgan fingerprint density at radius 1 is 1.38 bits per heavy atom. The third kappa shape index (κ3) is 1.86. The molecule has 4 heteroatoms. The summed E-state index contributed by atoms with van der Waals surface area (Å²) in [6.07, 6.45) is 0. The summed E-state index contributed by atoms with van der Waals surface area (Å²) in [4.78, 5) is 0. The second-order valence-electron chi connectivity index (χ2n) is 1.46. The van der Waals surface area contributed by atoms with Crippen molar-refractivity contribution in [1.29, 1.82) is 0 Å². The van der Waals surface area contributed by atoms with E-state index >= 15 is 0 Å². The van der Waals surface area contributed by atoms with Crippen molar-refractivity contribution in [2.75, 3.05) is 14.2 Å². The number of rotatable bonds is 3. The summed E-state index contributed by atoms with van der Waals surface area (Å²) in [5.41, 5.74) is -0.903. The van der Waals surface area contributed by atoms with Crippen molar-refractivity contribution in [3.05, 3.63) is 0 Å². The van der Waals surface area contributed by atoms with E-state index in [2.05, 4.69) is 0 Å². The predicted molar refractivity (Wildman–Crippen MR) is 31.4 cm³/mol. The van der Waals surface area contributed by atoms with Crippen LogP contribution >= 0.6 is 8.46 Å². The molecule has 0 aromatic carbocycles. The van der Waals surface area contributed by atoms with Gasteiger partial charge < -0.3 is 9.47 Å². The molecule has 0 N–H and O–H groups in total. The fraction of sp³-hybridized carbons (Fsp3) is 1.00. The molecule has 0 heterocycles. The Morgan fingerprint density at radius 3 is 1.75 bits per heavy atom. The molecule has 8 heavy (non-hydrogen) atoms. The van der Waals surface area contributed by atoms with Crippen LogP contribution in [0.4, 0.5) is 0 Å². The summed E-state index contributed by atoms with van der Waals surface area (Å²) in [5.74, 6) is 0. The van der Waals surface area contributed by atoms with Crippen LogP contribution in [0.1, 0.15) is 6.92 Å². The lowest BCUT2D eigenvalue weighted by molar-refractivity contribution is -0.124. The maximum atomic E-state index is 10.2. The highest BCUT2D eigenvalue weighted by Crippen LogP contribution is 2.22. The molecule has 0 aliphatic carbocycles. The quantitative estimate of drug-likeness (QED) is 0.429. The fourth-order valence-corrected chi connectivity index (χ4v) is 0.333. The van der Waals surface area contributed by atoms with E-state index in [1.165, 1.54) is 14.2 Å². The summed E-state index contributed by atoms with van der Waals surface area (Å²) in [6.45, 7) is 1.61. The van der Waals surface area contributed by atoms with Crippen molar-refractivity contribution >= 4 is 8.46 Å². The smallest absolute Gasteiger partial charge is 0.314 e. The predicted octanol–water partition coefficient (Wildman–Crippen LogP) is 0.977. The zero-order chi connectivity index (χ0) is 6.62. The molecule has 0 amide bonds. The lowest BCUT2D eigenvalue weighted by Gasteiger charge is -2.08. The van der Waals surface area contributed by atoms with Crippen LogP contribution in [0, 0.1) is 0 Å². The zero-order valence-corrected chi connectivity index (χ0v) is 6.22. The Balaban J connectivity index is 3.76. The topological polar surface area (TPSA) is 35.5 Å². The monoisotopic (exact) mass is 137 g/mol. The summed E-state index contributed by atoms with van der Waals surface area (Å²) < 4.78 is 19.6. The van der Waals surface area contributed by atoms with Gasteiger partial charge in [0, 0.05) is 21.1 Å². The van der Waals surface area contributed by atoms with Crippen molar-refractivity contribution in [3.63, 3.8) is 0 Å². The summed E-state index contributed by atoms with van der Waals surface area (Å²) in [7, 11) is 2.31. The molecule has 1 atom stereocenters. The minimum atomic E-state index is -0.903. The zero-order valence-electron chi connectivity index (χ0n) is 5.22. The van der Waals surface area contributed by atoms with Crippen LogP contribution in [-0.2, 0) is 14.0 Å². The van der Waals surface area contributed by atoms with Gasteiger partial charge in [0.1, 0.15) is 0 Å². The number of hydrogen-bond donors (Lipinski definition) is 0. The first-order chi connectivity index (χ1) is 3.68. The van der Waals surface area contributed by atoms with E-state index in [1.54, 1.807) is 6.92 Å². The lowest BCUT2D eigenvalue weighted by Crippen LogP contribution is -2.20. The van der Waals surface area contributed by atoms with Gasteiger partial charge in [-0.1, -0.05) is 4.57 Å². The minimum Gasteiger partial charge on any atom is -0.314 e. The van der Waals surface area contributed by atoms with Crippen molar-refractivity contribution in [3.8, 4) is 0 Å². The van der Waals surface area contributed by atoms with Gasteiger partial charge >= 0.3 is 14.0 Å². The Bertz CT molecular complexity index is 79.4. The molecule has 0 spiro atoms. The van der Waals surface area contributed by atoms with E-state index in [-0.39, 0.29) is 0 Å². The van der Waals surface area contributed by atoms with Gasteiger partial charge in [0.05, 0.1) is 0 Å². The molecule has 1 unspecified atom stereocenters. The van der Waals surface area contributed by atoms with Gasteiger partial charge in [0.2, 0.25) is 0 Å². The van der Waals surface area contributed by atoms with E-state index < -0.39 is 14.0 Å². The van der Waals surface area contributed by atoms with Crippen LogP contribution < -0.4 is 0 Å². The lowest BCUT2D eigenvalue weighted by atomic mass is 10.7. The SMILES string of the molecule is COC(C)(OC)[PH+]=O. The van der Waals surface area contributed by atoms with Crippen LogP contribution in [0.15, 0.2) is 0 Å². The highest BCUT2D eigenvalue weighted by Gasteiger charge is 2.31. The highest BCUT2D eigenvalue weighted by atomic mass is 31.1. The molecular formula is C4H10O3P+. The molecule has 48 valence electrons. The van der Waals surface area contributed by atoms with Crippen LogP contribution in [0.2, 0.25) is 0 Å². The third-order valence-corrected chi connectivity index (χ3v) is 1.74. The molecule has 0 rings (SSSR count). The number of methoxy groups -OCH3 is 2. The second-order valence-corrected chi connectivity index (χ2v) is 2.57. The van der Waals surface area contributed by atoms with Crippen LogP contribution in [0.3, 0.4) is 0 Å². The normalized spacial score (nSPS) is 12.4. The van der Waals surface area contributed by atoms with E-state index in [1.807, 2.05) is 0 Å². The van der Waals surface area contributed by atoms with Crippen molar-refractivity contribution in [1.82, 2.24) is 0 Å². The van der Waals surface area contributed by atoms with Gasteiger partial charge in [-0.05, 0) is 0 Å². The van der Waals surface area contributed by atoms with Gasteiger partial charge in [0.25, 0.3) is 0 Å². The Hall–Kier alpha value is 0.0200. The summed E-state index contributed by atoms with van der Waals surface area (Å²) in [6, 6.07) is 0. The van der Waals surface area contributed by atoms with E-state index in [0.717, 1.165) is 0 Å². The molecule has 0 aliphatic rings. The minimum absolute atomic E-state index is 0.593. The molecule has 3 nitrogen and oxygen atoms in total. The van der Waals surface area contributed by atoms with Gasteiger partial charge in [-0.2, -0.15) is 0 Å². The van der Waals surface area contributed by atoms with Crippen molar-refractivity contribution in [2.45, 2.75) is 12.5 Å². The molecule has 0 fully saturated rings. The first-order valence-corrected chi connectivity index (χ1v) is 3.09. The Labute approximate surface area is 50.2 Å². The van der Waals surface area contributed by atoms with Gasteiger partial charge in [0.15, 0.2) is 0 Å². The highest BCUT2D eigenvalue weighted by molar-refractivity contribution is 7.25. The first kappa shape index (κ1) is 8.02. The van der Waals surface area contributed by atoms with Crippen molar-refractivity contribution in [2.24, 2.45) is 0 Å². The van der Waals surface area contributed by atoms with E-state index in [0.29, 0.717) is 0 Å². The average molecular weight is 137 g/mol. The number of ether oxygens (including phenoxy) is 2. The molecule has 0 aromatic rings. The van der Waals surface area contributed by atoms with E-state index in [9.17, 15) is 4.57 Å². The van der Waals surface area contributed by atoms with Crippen LogP contribution in [0.25, 0.3) is 0 Å². The number of hydrogen-bond acceptors (Lipinski definition) is 3. The second kappa shape index (κ2) is 3.13. The van der Waals surface area contributed by atoms with Crippen molar-refractivity contribution < 1.29 is 14.0 Å². The molecule has 0 radical (unpaired) electrons. The summed E-state index contributed by atoms with van der Waals surface area (Å²) >= 11 is 0. The standard InChI is InChI=1S/C4H9O3P/c1-4(6-2,7-3)8-5/h1-3H3/p+1. The average Bonchev–Trinajstić information content (AvgIpc) is 1.87. The molecule has 0 aromatic heterocycles. The molecule has 0 bridgehead atoms. The molecular weight excluding hydrogens is 127 g/mol. The molecule has 0 saturated carbocycles. The fourth-order valence-electron chi connectivity index (χ4n) is 0.167. The maximum absolute atomic E-state index is 10.2. The largest absolute Gasteiger partial charge is 0.390 e. The van der Waals surface area contributed by atoms with Crippen LogP contribution in [0.5, 0.6) is 0 Å². The van der Waals surface area contributed by atoms with Gasteiger partial charge in [-0.3, -0.25) is 0 Å². The van der Waals surface area contributed by atoms with E-state index in [4.69, 9.17) is 9.47 Å². The summed E-state index contributed by atoms with van der Waals surface area (Å²) in [5, 5.41) is 0. The molecule has 0 aliphatic heterocycles.